The summed E-state index contributed by atoms with van der Waals surface area (Å²) in [4.78, 5) is 0. The molecule has 0 aliphatic heterocycles. The molecule has 0 aromatic heterocycles. The number of hydrogen-bond acceptors (Lipinski definition) is 4. The Morgan fingerprint density at radius 1 is 1.53 bits per heavy atom. The zero-order chi connectivity index (χ0) is 14.4. The van der Waals surface area contributed by atoms with E-state index in [0.717, 1.165) is 5.56 Å². The van der Waals surface area contributed by atoms with Crippen molar-refractivity contribution in [1.29, 1.82) is 0 Å². The maximum absolute atomic E-state index is 9.67. The zero-order valence-corrected chi connectivity index (χ0v) is 13.3. The van der Waals surface area contributed by atoms with Gasteiger partial charge in [0.1, 0.15) is 0 Å². The Hall–Kier alpha value is -1.34. The molecule has 0 bridgehead atoms. The summed E-state index contributed by atoms with van der Waals surface area (Å²) < 4.78 is 5.58. The summed E-state index contributed by atoms with van der Waals surface area (Å²) >= 11 is 8.27. The number of aromatic hydroxyl groups is 1. The third-order valence-electron chi connectivity index (χ3n) is 2.07. The van der Waals surface area contributed by atoms with E-state index in [1.165, 1.54) is 7.11 Å². The van der Waals surface area contributed by atoms with E-state index < -0.39 is 0 Å². The molecule has 0 radical (unpaired) electrons. The van der Waals surface area contributed by atoms with Crippen LogP contribution in [0.25, 0.3) is 0 Å². The highest BCUT2D eigenvalue weighted by Gasteiger charge is 2.07. The molecule has 1 aromatic carbocycles. The summed E-state index contributed by atoms with van der Waals surface area (Å²) in [5, 5.41) is 17.1. The van der Waals surface area contributed by atoms with Crippen LogP contribution in [-0.4, -0.2) is 29.6 Å². The van der Waals surface area contributed by atoms with Gasteiger partial charge in [0.25, 0.3) is 0 Å². The molecule has 0 spiro atoms. The SMILES string of the molecule is COc1cc(/C=N/NC(=S)NC(C)C)cc(Br)c1O. The van der Waals surface area contributed by atoms with Gasteiger partial charge in [-0.25, -0.2) is 0 Å². The van der Waals surface area contributed by atoms with Crippen molar-refractivity contribution in [2.75, 3.05) is 7.11 Å². The summed E-state index contributed by atoms with van der Waals surface area (Å²) in [6.45, 7) is 3.97. The smallest absolute Gasteiger partial charge is 0.187 e. The van der Waals surface area contributed by atoms with Crippen LogP contribution in [0, 0.1) is 0 Å². The van der Waals surface area contributed by atoms with Crippen molar-refractivity contribution in [3.05, 3.63) is 22.2 Å². The summed E-state index contributed by atoms with van der Waals surface area (Å²) in [5.41, 5.74) is 3.47. The second-order valence-electron chi connectivity index (χ2n) is 4.05. The minimum absolute atomic E-state index is 0.0598. The van der Waals surface area contributed by atoms with Crippen molar-refractivity contribution in [2.45, 2.75) is 19.9 Å². The molecule has 1 rings (SSSR count). The van der Waals surface area contributed by atoms with Crippen LogP contribution in [0.1, 0.15) is 19.4 Å². The number of rotatable bonds is 4. The van der Waals surface area contributed by atoms with Gasteiger partial charge in [-0.3, -0.25) is 5.43 Å². The van der Waals surface area contributed by atoms with Gasteiger partial charge >= 0.3 is 0 Å². The lowest BCUT2D eigenvalue weighted by molar-refractivity contribution is 0.372. The minimum Gasteiger partial charge on any atom is -0.503 e. The van der Waals surface area contributed by atoms with E-state index in [-0.39, 0.29) is 11.8 Å². The van der Waals surface area contributed by atoms with E-state index >= 15 is 0 Å². The van der Waals surface area contributed by atoms with Crippen LogP contribution in [-0.2, 0) is 0 Å². The van der Waals surface area contributed by atoms with Crippen molar-refractivity contribution in [3.8, 4) is 11.5 Å². The molecule has 19 heavy (non-hydrogen) atoms. The number of ether oxygens (including phenoxy) is 1. The van der Waals surface area contributed by atoms with Crippen LogP contribution in [0.15, 0.2) is 21.7 Å². The molecule has 0 saturated carbocycles. The quantitative estimate of drug-likeness (QED) is 0.444. The predicted molar refractivity (Wildman–Crippen MR) is 84.0 cm³/mol. The maximum atomic E-state index is 9.67. The van der Waals surface area contributed by atoms with Gasteiger partial charge in [-0.15, -0.1) is 0 Å². The number of halogens is 1. The van der Waals surface area contributed by atoms with Crippen LogP contribution < -0.4 is 15.5 Å². The van der Waals surface area contributed by atoms with Crippen molar-refractivity contribution in [3.63, 3.8) is 0 Å². The van der Waals surface area contributed by atoms with Gasteiger partial charge < -0.3 is 15.2 Å². The first-order chi connectivity index (χ1) is 8.93. The second kappa shape index (κ2) is 7.30. The zero-order valence-electron chi connectivity index (χ0n) is 10.9. The molecule has 104 valence electrons. The number of nitrogens with zero attached hydrogens (tertiary/aromatic N) is 1. The van der Waals surface area contributed by atoms with Gasteiger partial charge in [0.05, 0.1) is 17.8 Å². The Balaban J connectivity index is 2.72. The van der Waals surface area contributed by atoms with Gasteiger partial charge in [0.2, 0.25) is 0 Å². The molecular weight excluding hydrogens is 330 g/mol. The largest absolute Gasteiger partial charge is 0.503 e. The van der Waals surface area contributed by atoms with Gasteiger partial charge in [0, 0.05) is 6.04 Å². The molecule has 5 nitrogen and oxygen atoms in total. The van der Waals surface area contributed by atoms with E-state index in [9.17, 15) is 5.11 Å². The molecule has 0 aliphatic rings. The molecule has 0 fully saturated rings. The Morgan fingerprint density at radius 3 is 2.79 bits per heavy atom. The standard InChI is InChI=1S/C12H16BrN3O2S/c1-7(2)15-12(19)16-14-6-8-4-9(13)11(17)10(5-8)18-3/h4-7,17H,1-3H3,(H2,15,16,19)/b14-6+. The highest BCUT2D eigenvalue weighted by Crippen LogP contribution is 2.34. The fraction of sp³-hybridized carbons (Fsp3) is 0.333. The van der Waals surface area contributed by atoms with Crippen molar-refractivity contribution in [1.82, 2.24) is 10.7 Å². The average Bonchev–Trinajstić information content (AvgIpc) is 2.32. The van der Waals surface area contributed by atoms with Crippen molar-refractivity contribution >= 4 is 39.5 Å². The van der Waals surface area contributed by atoms with Crippen molar-refractivity contribution < 1.29 is 9.84 Å². The first-order valence-corrected chi connectivity index (χ1v) is 6.80. The van der Waals surface area contributed by atoms with Gasteiger partial charge in [-0.1, -0.05) is 0 Å². The van der Waals surface area contributed by atoms with Gasteiger partial charge in [0.15, 0.2) is 16.6 Å². The van der Waals surface area contributed by atoms with Crippen LogP contribution in [0.2, 0.25) is 0 Å². The van der Waals surface area contributed by atoms with E-state index in [1.54, 1.807) is 18.3 Å². The number of methoxy groups -OCH3 is 1. The monoisotopic (exact) mass is 345 g/mol. The molecule has 0 amide bonds. The molecule has 3 N–H and O–H groups in total. The van der Waals surface area contributed by atoms with Crippen molar-refractivity contribution in [2.24, 2.45) is 5.10 Å². The van der Waals surface area contributed by atoms with Crippen LogP contribution in [0.5, 0.6) is 11.5 Å². The molecule has 7 heteroatoms. The topological polar surface area (TPSA) is 65.9 Å². The van der Waals surface area contributed by atoms with Gasteiger partial charge in [-0.05, 0) is 59.7 Å². The Kier molecular flexibility index (Phi) is 6.04. The molecule has 0 aliphatic carbocycles. The van der Waals surface area contributed by atoms with E-state index in [2.05, 4.69) is 31.8 Å². The normalized spacial score (nSPS) is 10.8. The number of phenolic OH excluding ortho intramolecular Hbond substituents is 1. The molecular formula is C12H16BrN3O2S. The first kappa shape index (κ1) is 15.7. The van der Waals surface area contributed by atoms with E-state index in [4.69, 9.17) is 17.0 Å². The lowest BCUT2D eigenvalue weighted by Gasteiger charge is -2.09. The first-order valence-electron chi connectivity index (χ1n) is 5.60. The molecule has 0 unspecified atom stereocenters. The van der Waals surface area contributed by atoms with Crippen LogP contribution in [0.3, 0.4) is 0 Å². The average molecular weight is 346 g/mol. The Bertz CT molecular complexity index is 492. The highest BCUT2D eigenvalue weighted by molar-refractivity contribution is 9.10. The van der Waals surface area contributed by atoms with Gasteiger partial charge in [-0.2, -0.15) is 5.10 Å². The number of hydrazone groups is 1. The Labute approximate surface area is 126 Å². The summed E-state index contributed by atoms with van der Waals surface area (Å²) in [6, 6.07) is 3.64. The lowest BCUT2D eigenvalue weighted by atomic mass is 10.2. The number of hydrogen-bond donors (Lipinski definition) is 3. The fourth-order valence-corrected chi connectivity index (χ4v) is 2.03. The predicted octanol–water partition coefficient (Wildman–Crippen LogP) is 2.37. The van der Waals surface area contributed by atoms with E-state index in [0.29, 0.717) is 15.3 Å². The van der Waals surface area contributed by atoms with Crippen LogP contribution >= 0.6 is 28.1 Å². The third-order valence-corrected chi connectivity index (χ3v) is 2.88. The van der Waals surface area contributed by atoms with E-state index in [1.807, 2.05) is 13.8 Å². The molecule has 0 heterocycles. The Morgan fingerprint density at radius 2 is 2.21 bits per heavy atom. The minimum atomic E-state index is 0.0598. The number of nitrogens with one attached hydrogen (secondary N) is 2. The number of benzene rings is 1. The summed E-state index contributed by atoms with van der Waals surface area (Å²) in [7, 11) is 1.49. The summed E-state index contributed by atoms with van der Waals surface area (Å²) in [5.74, 6) is 0.434. The third kappa shape index (κ3) is 5.04. The maximum Gasteiger partial charge on any atom is 0.187 e. The summed E-state index contributed by atoms with van der Waals surface area (Å²) in [6.07, 6.45) is 1.58. The number of thiocarbonyl (C=S) groups is 1. The van der Waals surface area contributed by atoms with Crippen LogP contribution in [0.4, 0.5) is 0 Å². The molecule has 0 saturated heterocycles. The molecule has 1 aromatic rings. The second-order valence-corrected chi connectivity index (χ2v) is 5.31. The highest BCUT2D eigenvalue weighted by atomic mass is 79.9. The fourth-order valence-electron chi connectivity index (χ4n) is 1.28. The number of phenols is 1. The lowest BCUT2D eigenvalue weighted by Crippen LogP contribution is -2.36. The molecule has 0 atom stereocenters.